The molecule has 6 heteroatoms. The first-order chi connectivity index (χ1) is 10.0. The van der Waals surface area contributed by atoms with E-state index in [1.807, 2.05) is 6.07 Å². The number of rotatable bonds is 6. The molecule has 1 fully saturated rings. The number of hydrogen-bond acceptors (Lipinski definition) is 4. The summed E-state index contributed by atoms with van der Waals surface area (Å²) in [5, 5.41) is 12.2. The summed E-state index contributed by atoms with van der Waals surface area (Å²) < 4.78 is 0. The van der Waals surface area contributed by atoms with Gasteiger partial charge in [0.1, 0.15) is 5.82 Å². The molecule has 1 atom stereocenters. The number of fused-ring (bicyclic) bond motifs is 1. The number of nitrogens with two attached hydrogens (primary N) is 1. The van der Waals surface area contributed by atoms with Crippen LogP contribution in [0.25, 0.3) is 0 Å². The number of carboxylic acids is 1. The molecule has 3 rings (SSSR count). The first-order valence-electron chi connectivity index (χ1n) is 7.35. The number of aliphatic carboxylic acids is 1. The van der Waals surface area contributed by atoms with Crippen LogP contribution in [-0.4, -0.2) is 28.0 Å². The Morgan fingerprint density at radius 1 is 1.43 bits per heavy atom. The molecule has 1 aromatic rings. The SMILES string of the molecule is NC(=O)c1cc2c(nc1NC(CC(=O)O)C1CC1)CCC2. The van der Waals surface area contributed by atoms with Gasteiger partial charge in [0.15, 0.2) is 0 Å². The van der Waals surface area contributed by atoms with Crippen molar-refractivity contribution in [2.24, 2.45) is 11.7 Å². The third-order valence-electron chi connectivity index (χ3n) is 4.22. The second-order valence-corrected chi connectivity index (χ2v) is 5.89. The van der Waals surface area contributed by atoms with Crippen molar-refractivity contribution in [1.29, 1.82) is 0 Å². The maximum Gasteiger partial charge on any atom is 0.305 e. The molecule has 6 nitrogen and oxygen atoms in total. The van der Waals surface area contributed by atoms with Crippen molar-refractivity contribution in [2.45, 2.75) is 44.6 Å². The van der Waals surface area contributed by atoms with Crippen molar-refractivity contribution >= 4 is 17.7 Å². The van der Waals surface area contributed by atoms with Crippen molar-refractivity contribution < 1.29 is 14.7 Å². The molecular weight excluding hydrogens is 270 g/mol. The molecule has 4 N–H and O–H groups in total. The van der Waals surface area contributed by atoms with Crippen molar-refractivity contribution in [3.63, 3.8) is 0 Å². The lowest BCUT2D eigenvalue weighted by atomic mass is 10.1. The highest BCUT2D eigenvalue weighted by Crippen LogP contribution is 2.36. The first-order valence-corrected chi connectivity index (χ1v) is 7.35. The van der Waals surface area contributed by atoms with Crippen molar-refractivity contribution in [3.05, 3.63) is 22.9 Å². The molecule has 2 aliphatic rings. The summed E-state index contributed by atoms with van der Waals surface area (Å²) in [4.78, 5) is 27.1. The Labute approximate surface area is 122 Å². The predicted octanol–water partition coefficient (Wildman–Crippen LogP) is 1.33. The number of pyridine rings is 1. The van der Waals surface area contributed by atoms with Crippen LogP contribution in [0.15, 0.2) is 6.07 Å². The number of primary amides is 1. The second-order valence-electron chi connectivity index (χ2n) is 5.89. The quantitative estimate of drug-likeness (QED) is 0.732. The molecule has 0 aromatic carbocycles. The molecule has 0 radical (unpaired) electrons. The molecule has 1 aromatic heterocycles. The number of aryl methyl sites for hydroxylation is 2. The number of nitrogens with zero attached hydrogens (tertiary/aromatic N) is 1. The number of carbonyl (C=O) groups is 2. The minimum absolute atomic E-state index is 0.0294. The molecule has 21 heavy (non-hydrogen) atoms. The van der Waals surface area contributed by atoms with Gasteiger partial charge in [-0.05, 0) is 49.7 Å². The minimum Gasteiger partial charge on any atom is -0.481 e. The lowest BCUT2D eigenvalue weighted by Crippen LogP contribution is -2.28. The molecular formula is C15H19N3O3. The molecule has 2 aliphatic carbocycles. The largest absolute Gasteiger partial charge is 0.481 e. The summed E-state index contributed by atoms with van der Waals surface area (Å²) in [7, 11) is 0. The summed E-state index contributed by atoms with van der Waals surface area (Å²) >= 11 is 0. The molecule has 0 saturated heterocycles. The van der Waals surface area contributed by atoms with Gasteiger partial charge in [0.25, 0.3) is 5.91 Å². The zero-order valence-electron chi connectivity index (χ0n) is 11.8. The number of carboxylic acid groups (broad SMARTS) is 1. The third kappa shape index (κ3) is 2.99. The van der Waals surface area contributed by atoms with Gasteiger partial charge in [-0.1, -0.05) is 0 Å². The molecule has 1 unspecified atom stereocenters. The van der Waals surface area contributed by atoms with E-state index in [1.54, 1.807) is 0 Å². The van der Waals surface area contributed by atoms with E-state index >= 15 is 0 Å². The van der Waals surface area contributed by atoms with Crippen LogP contribution in [0.5, 0.6) is 0 Å². The number of amides is 1. The van der Waals surface area contributed by atoms with Gasteiger partial charge in [0.2, 0.25) is 0 Å². The second kappa shape index (κ2) is 5.35. The molecule has 0 bridgehead atoms. The number of nitrogens with one attached hydrogen (secondary N) is 1. The van der Waals surface area contributed by atoms with E-state index < -0.39 is 11.9 Å². The normalized spacial score (nSPS) is 18.1. The molecule has 0 spiro atoms. The highest BCUT2D eigenvalue weighted by Gasteiger charge is 2.34. The van der Waals surface area contributed by atoms with E-state index in [-0.39, 0.29) is 12.5 Å². The van der Waals surface area contributed by atoms with E-state index in [0.717, 1.165) is 43.4 Å². The maximum atomic E-state index is 11.6. The molecule has 0 aliphatic heterocycles. The predicted molar refractivity (Wildman–Crippen MR) is 77.2 cm³/mol. The third-order valence-corrected chi connectivity index (χ3v) is 4.22. The number of anilines is 1. The lowest BCUT2D eigenvalue weighted by Gasteiger charge is -2.19. The number of carbonyl (C=O) groups excluding carboxylic acids is 1. The van der Waals surface area contributed by atoms with Gasteiger partial charge in [-0.3, -0.25) is 9.59 Å². The van der Waals surface area contributed by atoms with Crippen molar-refractivity contribution in [1.82, 2.24) is 4.98 Å². The van der Waals surface area contributed by atoms with E-state index in [4.69, 9.17) is 10.8 Å². The molecule has 1 amide bonds. The Bertz CT molecular complexity index is 596. The fraction of sp³-hybridized carbons (Fsp3) is 0.533. The molecule has 1 saturated carbocycles. The van der Waals surface area contributed by atoms with Gasteiger partial charge < -0.3 is 16.2 Å². The van der Waals surface area contributed by atoms with Crippen LogP contribution in [0.2, 0.25) is 0 Å². The highest BCUT2D eigenvalue weighted by atomic mass is 16.4. The maximum absolute atomic E-state index is 11.6. The van der Waals surface area contributed by atoms with Crippen LogP contribution >= 0.6 is 0 Å². The summed E-state index contributed by atoms with van der Waals surface area (Å²) in [6, 6.07) is 1.62. The fourth-order valence-corrected chi connectivity index (χ4v) is 2.97. The number of hydrogen-bond donors (Lipinski definition) is 3. The zero-order valence-corrected chi connectivity index (χ0v) is 11.8. The van der Waals surface area contributed by atoms with E-state index in [9.17, 15) is 9.59 Å². The topological polar surface area (TPSA) is 105 Å². The standard InChI is InChI=1S/C15H19N3O3/c16-14(21)10-6-9-2-1-3-11(9)17-15(10)18-12(7-13(19)20)8-4-5-8/h6,8,12H,1-5,7H2,(H2,16,21)(H,17,18)(H,19,20). The van der Waals surface area contributed by atoms with E-state index in [2.05, 4.69) is 10.3 Å². The van der Waals surface area contributed by atoms with Crippen LogP contribution in [0.3, 0.4) is 0 Å². The molecule has 1 heterocycles. The minimum atomic E-state index is -0.846. The summed E-state index contributed by atoms with van der Waals surface area (Å²) in [5.41, 5.74) is 7.88. The first kappa shape index (κ1) is 13.9. The van der Waals surface area contributed by atoms with E-state index in [1.165, 1.54) is 0 Å². The Morgan fingerprint density at radius 3 is 2.81 bits per heavy atom. The van der Waals surface area contributed by atoms with Crippen LogP contribution < -0.4 is 11.1 Å². The lowest BCUT2D eigenvalue weighted by molar-refractivity contribution is -0.137. The summed E-state index contributed by atoms with van der Waals surface area (Å²) in [5.74, 6) is -0.580. The van der Waals surface area contributed by atoms with Gasteiger partial charge >= 0.3 is 5.97 Å². The van der Waals surface area contributed by atoms with Gasteiger partial charge in [-0.15, -0.1) is 0 Å². The number of aromatic nitrogens is 1. The van der Waals surface area contributed by atoms with Gasteiger partial charge in [-0.2, -0.15) is 0 Å². The monoisotopic (exact) mass is 289 g/mol. The highest BCUT2D eigenvalue weighted by molar-refractivity contribution is 5.98. The average Bonchev–Trinajstić information content (AvgIpc) is 3.15. The summed E-state index contributed by atoms with van der Waals surface area (Å²) in [6.07, 6.45) is 4.91. The smallest absolute Gasteiger partial charge is 0.305 e. The zero-order chi connectivity index (χ0) is 15.0. The van der Waals surface area contributed by atoms with Gasteiger partial charge in [0, 0.05) is 11.7 Å². The Morgan fingerprint density at radius 2 is 2.19 bits per heavy atom. The fourth-order valence-electron chi connectivity index (χ4n) is 2.97. The van der Waals surface area contributed by atoms with Gasteiger partial charge in [-0.25, -0.2) is 4.98 Å². The average molecular weight is 289 g/mol. The van der Waals surface area contributed by atoms with Crippen LogP contribution in [0, 0.1) is 5.92 Å². The van der Waals surface area contributed by atoms with Crippen LogP contribution in [-0.2, 0) is 17.6 Å². The Kier molecular flexibility index (Phi) is 3.53. The Balaban J connectivity index is 1.89. The Hall–Kier alpha value is -2.11. The van der Waals surface area contributed by atoms with Crippen molar-refractivity contribution in [3.8, 4) is 0 Å². The van der Waals surface area contributed by atoms with Crippen molar-refractivity contribution in [2.75, 3.05) is 5.32 Å². The summed E-state index contributed by atoms with van der Waals surface area (Å²) in [6.45, 7) is 0. The van der Waals surface area contributed by atoms with Gasteiger partial charge in [0.05, 0.1) is 12.0 Å². The molecule has 112 valence electrons. The van der Waals surface area contributed by atoms with Crippen LogP contribution in [0.1, 0.15) is 47.3 Å². The van der Waals surface area contributed by atoms with E-state index in [0.29, 0.717) is 17.3 Å². The van der Waals surface area contributed by atoms with Crippen LogP contribution in [0.4, 0.5) is 5.82 Å².